The van der Waals surface area contributed by atoms with Gasteiger partial charge in [-0.1, -0.05) is 39.0 Å². The smallest absolute Gasteiger partial charge is 0.134 e. The molecule has 124 valence electrons. The van der Waals surface area contributed by atoms with Crippen LogP contribution in [0.1, 0.15) is 66.2 Å². The van der Waals surface area contributed by atoms with E-state index in [9.17, 15) is 9.90 Å². The number of Topliss-reactive ketones (excluding diaryl/α,β-unsaturated/α-hetero) is 1. The molecule has 0 radical (unpaired) electrons. The third-order valence-corrected chi connectivity index (χ3v) is 6.39. The first-order valence-corrected chi connectivity index (χ1v) is 8.57. The highest BCUT2D eigenvalue weighted by Gasteiger charge is 2.55. The normalized spacial score (nSPS) is 37.3. The lowest BCUT2D eigenvalue weighted by Crippen LogP contribution is -2.52. The Kier molecular flexibility index (Phi) is 4.47. The summed E-state index contributed by atoms with van der Waals surface area (Å²) in [5.74, 6) is 1.27. The van der Waals surface area contributed by atoms with Crippen molar-refractivity contribution < 1.29 is 9.90 Å². The van der Waals surface area contributed by atoms with E-state index < -0.39 is 5.60 Å². The van der Waals surface area contributed by atoms with Gasteiger partial charge in [0.2, 0.25) is 0 Å². The topological polar surface area (TPSA) is 37.3 Å². The molecule has 0 aromatic heterocycles. The maximum atomic E-state index is 12.4. The minimum atomic E-state index is -0.836. The Balaban J connectivity index is 2.28. The van der Waals surface area contributed by atoms with Gasteiger partial charge in [0.1, 0.15) is 5.78 Å². The molecule has 2 saturated carbocycles. The van der Waals surface area contributed by atoms with Gasteiger partial charge in [-0.3, -0.25) is 4.79 Å². The van der Waals surface area contributed by atoms with Gasteiger partial charge in [-0.05, 0) is 55.3 Å². The van der Waals surface area contributed by atoms with Gasteiger partial charge in [-0.15, -0.1) is 6.58 Å². The van der Waals surface area contributed by atoms with Gasteiger partial charge in [-0.2, -0.15) is 0 Å². The summed E-state index contributed by atoms with van der Waals surface area (Å²) in [5, 5.41) is 10.3. The van der Waals surface area contributed by atoms with Crippen molar-refractivity contribution >= 4 is 5.78 Å². The van der Waals surface area contributed by atoms with Crippen LogP contribution < -0.4 is 0 Å². The molecule has 2 nitrogen and oxygen atoms in total. The zero-order chi connectivity index (χ0) is 16.8. The van der Waals surface area contributed by atoms with E-state index in [1.54, 1.807) is 13.0 Å². The number of ketones is 1. The molecule has 0 aromatic rings. The van der Waals surface area contributed by atoms with Crippen molar-refractivity contribution in [2.75, 3.05) is 0 Å². The monoisotopic (exact) mass is 304 g/mol. The molecule has 2 rings (SSSR count). The van der Waals surface area contributed by atoms with E-state index in [1.165, 1.54) is 5.57 Å². The van der Waals surface area contributed by atoms with Crippen molar-refractivity contribution in [1.82, 2.24) is 0 Å². The molecular weight excluding hydrogens is 272 g/mol. The van der Waals surface area contributed by atoms with Crippen LogP contribution in [0.3, 0.4) is 0 Å². The van der Waals surface area contributed by atoms with Gasteiger partial charge >= 0.3 is 0 Å². The summed E-state index contributed by atoms with van der Waals surface area (Å²) in [7, 11) is 0. The number of allylic oxidation sites excluding steroid dienone is 1. The Bertz CT molecular complexity index is 486. The largest absolute Gasteiger partial charge is 0.386 e. The number of carbonyl (C=O) groups excluding carboxylic acids is 1. The fourth-order valence-electron chi connectivity index (χ4n) is 5.26. The van der Waals surface area contributed by atoms with Gasteiger partial charge in [0.25, 0.3) is 0 Å². The summed E-state index contributed by atoms with van der Waals surface area (Å²) < 4.78 is 0. The van der Waals surface area contributed by atoms with Crippen LogP contribution in [0.5, 0.6) is 0 Å². The van der Waals surface area contributed by atoms with E-state index in [4.69, 9.17) is 0 Å². The van der Waals surface area contributed by atoms with Crippen molar-refractivity contribution in [2.24, 2.45) is 22.7 Å². The van der Waals surface area contributed by atoms with Gasteiger partial charge in [0, 0.05) is 12.8 Å². The summed E-state index contributed by atoms with van der Waals surface area (Å²) in [4.78, 5) is 12.4. The fourth-order valence-corrected chi connectivity index (χ4v) is 5.26. The number of carbonyl (C=O) groups is 1. The molecule has 0 spiro atoms. The van der Waals surface area contributed by atoms with E-state index in [1.807, 2.05) is 0 Å². The average molecular weight is 304 g/mol. The standard InChI is InChI=1S/C20H32O2/c1-7-19(5,22)11-10-16-14(2)8-9-17-18(3,4)12-15(21)13-20(16,17)6/h7,16-17,22H,1-2,8-13H2,3-6H3/t16-,17-,19+,20+/m1/s1. The van der Waals surface area contributed by atoms with E-state index in [2.05, 4.69) is 33.9 Å². The number of aliphatic hydroxyl groups is 1. The van der Waals surface area contributed by atoms with E-state index in [-0.39, 0.29) is 10.8 Å². The van der Waals surface area contributed by atoms with Gasteiger partial charge in [-0.25, -0.2) is 0 Å². The predicted molar refractivity (Wildman–Crippen MR) is 91.5 cm³/mol. The van der Waals surface area contributed by atoms with Crippen LogP contribution in [0.4, 0.5) is 0 Å². The molecule has 0 saturated heterocycles. The first kappa shape index (κ1) is 17.5. The van der Waals surface area contributed by atoms with Crippen LogP contribution in [0.2, 0.25) is 0 Å². The summed E-state index contributed by atoms with van der Waals surface area (Å²) in [6.45, 7) is 16.6. The van der Waals surface area contributed by atoms with Crippen molar-refractivity contribution in [2.45, 2.75) is 71.8 Å². The minimum absolute atomic E-state index is 0.00852. The highest BCUT2D eigenvalue weighted by atomic mass is 16.3. The summed E-state index contributed by atoms with van der Waals surface area (Å²) in [6, 6.07) is 0. The van der Waals surface area contributed by atoms with E-state index >= 15 is 0 Å². The molecule has 0 aromatic carbocycles. The second-order valence-electron chi connectivity index (χ2n) is 8.79. The molecule has 0 heterocycles. The fraction of sp³-hybridized carbons (Fsp3) is 0.750. The third-order valence-electron chi connectivity index (χ3n) is 6.39. The molecule has 0 bridgehead atoms. The van der Waals surface area contributed by atoms with E-state index in [0.29, 0.717) is 36.9 Å². The molecule has 0 unspecified atom stereocenters. The number of hydrogen-bond donors (Lipinski definition) is 1. The van der Waals surface area contributed by atoms with Crippen molar-refractivity contribution in [3.8, 4) is 0 Å². The first-order chi connectivity index (χ1) is 10.0. The maximum Gasteiger partial charge on any atom is 0.134 e. The van der Waals surface area contributed by atoms with Crippen LogP contribution >= 0.6 is 0 Å². The Morgan fingerprint density at radius 1 is 1.36 bits per heavy atom. The lowest BCUT2D eigenvalue weighted by Gasteiger charge is -2.57. The predicted octanol–water partition coefficient (Wildman–Crippen LogP) is 4.68. The van der Waals surface area contributed by atoms with Crippen molar-refractivity contribution in [3.05, 3.63) is 24.8 Å². The molecule has 4 atom stereocenters. The molecule has 2 aliphatic rings. The average Bonchev–Trinajstić information content (AvgIpc) is 2.35. The molecule has 22 heavy (non-hydrogen) atoms. The molecule has 0 aliphatic heterocycles. The second kappa shape index (κ2) is 5.63. The zero-order valence-electron chi connectivity index (χ0n) is 14.7. The SMILES string of the molecule is C=C[C@](C)(O)CC[C@@H]1C(=C)CC[C@@H]2C(C)(C)CC(=O)C[C@@]12C. The Morgan fingerprint density at radius 2 is 2.00 bits per heavy atom. The molecule has 2 aliphatic carbocycles. The number of hydrogen-bond acceptors (Lipinski definition) is 2. The van der Waals surface area contributed by atoms with Crippen LogP contribution in [0, 0.1) is 22.7 Å². The third kappa shape index (κ3) is 3.08. The highest BCUT2D eigenvalue weighted by molar-refractivity contribution is 5.81. The van der Waals surface area contributed by atoms with Crippen LogP contribution in [-0.2, 0) is 4.79 Å². The highest BCUT2D eigenvalue weighted by Crippen LogP contribution is 2.61. The summed E-state index contributed by atoms with van der Waals surface area (Å²) in [5.41, 5.74) is 0.497. The van der Waals surface area contributed by atoms with Gasteiger partial charge < -0.3 is 5.11 Å². The van der Waals surface area contributed by atoms with Crippen LogP contribution in [0.25, 0.3) is 0 Å². The Morgan fingerprint density at radius 3 is 2.59 bits per heavy atom. The van der Waals surface area contributed by atoms with Crippen LogP contribution in [0.15, 0.2) is 24.8 Å². The lowest BCUT2D eigenvalue weighted by atomic mass is 9.47. The second-order valence-corrected chi connectivity index (χ2v) is 8.79. The molecule has 1 N–H and O–H groups in total. The van der Waals surface area contributed by atoms with Crippen LogP contribution in [-0.4, -0.2) is 16.5 Å². The zero-order valence-corrected chi connectivity index (χ0v) is 14.7. The van der Waals surface area contributed by atoms with Gasteiger partial charge in [0.15, 0.2) is 0 Å². The quantitative estimate of drug-likeness (QED) is 0.766. The van der Waals surface area contributed by atoms with Crippen molar-refractivity contribution in [1.29, 1.82) is 0 Å². The Labute approximate surface area is 135 Å². The number of rotatable bonds is 4. The first-order valence-electron chi connectivity index (χ1n) is 8.57. The molecule has 0 amide bonds. The molecule has 2 heteroatoms. The van der Waals surface area contributed by atoms with E-state index in [0.717, 1.165) is 19.3 Å². The summed E-state index contributed by atoms with van der Waals surface area (Å²) >= 11 is 0. The van der Waals surface area contributed by atoms with Gasteiger partial charge in [0.05, 0.1) is 5.60 Å². The summed E-state index contributed by atoms with van der Waals surface area (Å²) in [6.07, 6.45) is 6.75. The maximum absolute atomic E-state index is 12.4. The molecule has 2 fully saturated rings. The molecular formula is C20H32O2. The minimum Gasteiger partial charge on any atom is -0.386 e. The van der Waals surface area contributed by atoms with Crippen molar-refractivity contribution in [3.63, 3.8) is 0 Å². The lowest BCUT2D eigenvalue weighted by molar-refractivity contribution is -0.138. The number of fused-ring (bicyclic) bond motifs is 1. The Hall–Kier alpha value is -0.890.